The standard InChI is InChI=1S/C13H15Br2N3O2.ClH/c14-10-6-9(2-3-16)7-11(15)13(10)20-5-1-4-18-12(19)8-17;/h6-7H,1-5,16H2,(H,18,19);1H. The van der Waals surface area contributed by atoms with E-state index in [0.717, 1.165) is 26.7 Å². The first-order valence-electron chi connectivity index (χ1n) is 6.07. The molecule has 8 heteroatoms. The summed E-state index contributed by atoms with van der Waals surface area (Å²) in [6.07, 6.45) is 1.43. The third-order valence-electron chi connectivity index (χ3n) is 2.45. The van der Waals surface area contributed by atoms with Gasteiger partial charge in [-0.3, -0.25) is 4.79 Å². The van der Waals surface area contributed by atoms with E-state index in [1.807, 2.05) is 12.1 Å². The Labute approximate surface area is 146 Å². The smallest absolute Gasteiger partial charge is 0.322 e. The Morgan fingerprint density at radius 3 is 2.52 bits per heavy atom. The van der Waals surface area contributed by atoms with Crippen molar-refractivity contribution in [1.29, 1.82) is 5.26 Å². The van der Waals surface area contributed by atoms with Crippen LogP contribution in [0, 0.1) is 11.3 Å². The highest BCUT2D eigenvalue weighted by atomic mass is 79.9. The first-order valence-corrected chi connectivity index (χ1v) is 7.65. The fourth-order valence-electron chi connectivity index (χ4n) is 1.55. The molecule has 0 bridgehead atoms. The van der Waals surface area contributed by atoms with Crippen LogP contribution < -0.4 is 15.8 Å². The van der Waals surface area contributed by atoms with E-state index < -0.39 is 5.91 Å². The Hall–Kier alpha value is -0.810. The largest absolute Gasteiger partial charge is 0.491 e. The number of nitrogens with one attached hydrogen (secondary N) is 1. The van der Waals surface area contributed by atoms with Gasteiger partial charge in [-0.25, -0.2) is 0 Å². The number of hydrogen-bond donors (Lipinski definition) is 2. The monoisotopic (exact) mass is 439 g/mol. The Morgan fingerprint density at radius 1 is 1.38 bits per heavy atom. The molecule has 0 atom stereocenters. The van der Waals surface area contributed by atoms with E-state index in [-0.39, 0.29) is 12.4 Å². The van der Waals surface area contributed by atoms with Crippen LogP contribution in [0.5, 0.6) is 5.75 Å². The lowest BCUT2D eigenvalue weighted by Gasteiger charge is -2.12. The van der Waals surface area contributed by atoms with Gasteiger partial charge in [0.15, 0.2) is 6.07 Å². The van der Waals surface area contributed by atoms with Crippen molar-refractivity contribution in [2.75, 3.05) is 19.7 Å². The van der Waals surface area contributed by atoms with Crippen molar-refractivity contribution in [2.45, 2.75) is 12.8 Å². The quantitative estimate of drug-likeness (QED) is 0.503. The molecule has 0 unspecified atom stereocenters. The lowest BCUT2D eigenvalue weighted by Crippen LogP contribution is -2.23. The van der Waals surface area contributed by atoms with Crippen molar-refractivity contribution >= 4 is 50.2 Å². The predicted octanol–water partition coefficient (Wildman–Crippen LogP) is 2.54. The second-order valence-corrected chi connectivity index (χ2v) is 5.71. The molecule has 0 heterocycles. The number of hydrogen-bond acceptors (Lipinski definition) is 4. The molecule has 1 amide bonds. The maximum absolute atomic E-state index is 10.7. The molecule has 0 radical (unpaired) electrons. The molecule has 0 aliphatic heterocycles. The number of carbonyl (C=O) groups excluding carboxylic acids is 1. The summed E-state index contributed by atoms with van der Waals surface area (Å²) in [5.74, 6) is 0.0934. The molecule has 21 heavy (non-hydrogen) atoms. The molecule has 0 spiro atoms. The van der Waals surface area contributed by atoms with Crippen molar-refractivity contribution < 1.29 is 9.53 Å². The summed E-state index contributed by atoms with van der Waals surface area (Å²) in [5, 5.41) is 10.8. The molecule has 3 N–H and O–H groups in total. The van der Waals surface area contributed by atoms with Crippen molar-refractivity contribution in [1.82, 2.24) is 5.32 Å². The van der Waals surface area contributed by atoms with Crippen LogP contribution in [0.4, 0.5) is 0 Å². The summed E-state index contributed by atoms with van der Waals surface area (Å²) in [4.78, 5) is 10.7. The average Bonchev–Trinajstić information content (AvgIpc) is 2.41. The summed E-state index contributed by atoms with van der Waals surface area (Å²) < 4.78 is 7.37. The van der Waals surface area contributed by atoms with Crippen molar-refractivity contribution in [3.05, 3.63) is 26.6 Å². The highest BCUT2D eigenvalue weighted by Gasteiger charge is 2.09. The van der Waals surface area contributed by atoms with E-state index in [0.29, 0.717) is 26.1 Å². The number of benzene rings is 1. The van der Waals surface area contributed by atoms with E-state index in [1.54, 1.807) is 0 Å². The molecule has 1 rings (SSSR count). The topological polar surface area (TPSA) is 88.1 Å². The van der Waals surface area contributed by atoms with Crippen LogP contribution in [0.2, 0.25) is 0 Å². The van der Waals surface area contributed by atoms with Crippen LogP contribution in [-0.2, 0) is 11.2 Å². The minimum atomic E-state index is -0.626. The average molecular weight is 442 g/mol. The fraction of sp³-hybridized carbons (Fsp3) is 0.385. The molecule has 116 valence electrons. The van der Waals surface area contributed by atoms with Crippen LogP contribution in [-0.4, -0.2) is 25.6 Å². The van der Waals surface area contributed by atoms with Gasteiger partial charge in [0.25, 0.3) is 0 Å². The highest BCUT2D eigenvalue weighted by Crippen LogP contribution is 2.34. The zero-order valence-electron chi connectivity index (χ0n) is 11.2. The predicted molar refractivity (Wildman–Crippen MR) is 90.6 cm³/mol. The van der Waals surface area contributed by atoms with Gasteiger partial charge in [0, 0.05) is 6.54 Å². The van der Waals surface area contributed by atoms with E-state index >= 15 is 0 Å². The highest BCUT2D eigenvalue weighted by molar-refractivity contribution is 9.11. The van der Waals surface area contributed by atoms with Gasteiger partial charge in [-0.15, -0.1) is 12.4 Å². The third kappa shape index (κ3) is 7.14. The van der Waals surface area contributed by atoms with Crippen LogP contribution in [0.25, 0.3) is 0 Å². The Balaban J connectivity index is 0.00000400. The summed E-state index contributed by atoms with van der Waals surface area (Å²) in [6, 6.07) is 5.45. The third-order valence-corrected chi connectivity index (χ3v) is 3.62. The molecule has 1 aromatic carbocycles. The first-order chi connectivity index (χ1) is 9.58. The number of carbonyl (C=O) groups is 1. The van der Waals surface area contributed by atoms with Crippen molar-refractivity contribution in [3.8, 4) is 11.8 Å². The lowest BCUT2D eigenvalue weighted by molar-refractivity contribution is -0.115. The molecule has 0 aromatic heterocycles. The fourth-order valence-corrected chi connectivity index (χ4v) is 3.06. The van der Waals surface area contributed by atoms with Crippen LogP contribution in [0.15, 0.2) is 21.1 Å². The molecular weight excluding hydrogens is 425 g/mol. The summed E-state index contributed by atoms with van der Waals surface area (Å²) in [7, 11) is 0. The second kappa shape index (κ2) is 10.9. The van der Waals surface area contributed by atoms with Crippen LogP contribution in [0.1, 0.15) is 12.0 Å². The molecule has 0 saturated heterocycles. The SMILES string of the molecule is Cl.N#CC(=O)NCCCOc1c(Br)cc(CCN)cc1Br. The molecule has 0 fully saturated rings. The van der Waals surface area contributed by atoms with E-state index in [9.17, 15) is 4.79 Å². The van der Waals surface area contributed by atoms with Gasteiger partial charge in [0.2, 0.25) is 0 Å². The van der Waals surface area contributed by atoms with E-state index in [2.05, 4.69) is 37.2 Å². The molecule has 1 aromatic rings. The van der Waals surface area contributed by atoms with Gasteiger partial charge in [0.05, 0.1) is 15.6 Å². The number of nitrogens with zero attached hydrogens (tertiary/aromatic N) is 1. The van der Waals surface area contributed by atoms with E-state index in [1.165, 1.54) is 6.07 Å². The minimum Gasteiger partial charge on any atom is -0.491 e. The number of amides is 1. The molecular formula is C13H16Br2ClN3O2. The minimum absolute atomic E-state index is 0. The molecule has 0 saturated carbocycles. The molecule has 0 aliphatic carbocycles. The van der Waals surface area contributed by atoms with Gasteiger partial charge in [-0.1, -0.05) is 0 Å². The second-order valence-electron chi connectivity index (χ2n) is 4.00. The zero-order valence-corrected chi connectivity index (χ0v) is 15.2. The normalized spacial score (nSPS) is 9.43. The van der Waals surface area contributed by atoms with Gasteiger partial charge in [-0.2, -0.15) is 5.26 Å². The Morgan fingerprint density at radius 2 is 2.00 bits per heavy atom. The number of ether oxygens (including phenoxy) is 1. The van der Waals surface area contributed by atoms with E-state index in [4.69, 9.17) is 15.7 Å². The Kier molecular flexibility index (Phi) is 10.4. The maximum Gasteiger partial charge on any atom is 0.322 e. The van der Waals surface area contributed by atoms with Gasteiger partial charge >= 0.3 is 5.91 Å². The van der Waals surface area contributed by atoms with Gasteiger partial charge in [-0.05, 0) is 68.9 Å². The van der Waals surface area contributed by atoms with Crippen molar-refractivity contribution in [3.63, 3.8) is 0 Å². The van der Waals surface area contributed by atoms with Crippen LogP contribution >= 0.6 is 44.3 Å². The first kappa shape index (κ1) is 20.2. The number of halogens is 3. The van der Waals surface area contributed by atoms with Gasteiger partial charge in [0.1, 0.15) is 5.75 Å². The number of rotatable bonds is 7. The number of nitrogens with two attached hydrogens (primary N) is 1. The zero-order chi connectivity index (χ0) is 15.0. The molecule has 5 nitrogen and oxygen atoms in total. The summed E-state index contributed by atoms with van der Waals surface area (Å²) in [6.45, 7) is 1.45. The lowest BCUT2D eigenvalue weighted by atomic mass is 10.1. The van der Waals surface area contributed by atoms with Crippen LogP contribution in [0.3, 0.4) is 0 Å². The van der Waals surface area contributed by atoms with Gasteiger partial charge < -0.3 is 15.8 Å². The summed E-state index contributed by atoms with van der Waals surface area (Å²) >= 11 is 6.93. The molecule has 0 aliphatic rings. The summed E-state index contributed by atoms with van der Waals surface area (Å²) in [5.41, 5.74) is 6.65. The van der Waals surface area contributed by atoms with Crippen molar-refractivity contribution in [2.24, 2.45) is 5.73 Å². The Bertz CT molecular complexity index is 498. The number of nitriles is 1. The maximum atomic E-state index is 10.7.